The van der Waals surface area contributed by atoms with Crippen molar-refractivity contribution in [3.63, 3.8) is 0 Å². The van der Waals surface area contributed by atoms with Crippen LogP contribution in [0.25, 0.3) is 0 Å². The third-order valence-corrected chi connectivity index (χ3v) is 4.55. The lowest BCUT2D eigenvalue weighted by molar-refractivity contribution is -0.123. The van der Waals surface area contributed by atoms with Crippen LogP contribution in [0.5, 0.6) is 17.2 Å². The van der Waals surface area contributed by atoms with Crippen molar-refractivity contribution < 1.29 is 19.4 Å². The minimum Gasteiger partial charge on any atom is -0.504 e. The molecule has 2 aromatic carbocycles. The monoisotopic (exact) mass is 534 g/mol. The predicted molar refractivity (Wildman–Crippen MR) is 105 cm³/mol. The fraction of sp³-hybridized carbons (Fsp3) is 0.125. The van der Waals surface area contributed by atoms with E-state index in [1.807, 2.05) is 12.1 Å². The van der Waals surface area contributed by atoms with E-state index in [2.05, 4.69) is 58.3 Å². The second kappa shape index (κ2) is 9.21. The third kappa shape index (κ3) is 5.72. The number of benzene rings is 2. The molecule has 2 aromatic rings. The fourth-order valence-electron chi connectivity index (χ4n) is 1.79. The lowest BCUT2D eigenvalue weighted by Gasteiger charge is -2.10. The van der Waals surface area contributed by atoms with Crippen LogP contribution in [0.1, 0.15) is 5.56 Å². The SMILES string of the molecule is COc1cc(/C=N\NC(=O)COc2c(Br)cc(Br)cc2Br)ccc1O. The summed E-state index contributed by atoms with van der Waals surface area (Å²) in [7, 11) is 1.45. The highest BCUT2D eigenvalue weighted by Crippen LogP contribution is 2.36. The zero-order valence-corrected chi connectivity index (χ0v) is 17.7. The van der Waals surface area contributed by atoms with E-state index in [1.165, 1.54) is 19.4 Å². The lowest BCUT2D eigenvalue weighted by Crippen LogP contribution is -2.24. The van der Waals surface area contributed by atoms with Crippen LogP contribution in [0.3, 0.4) is 0 Å². The summed E-state index contributed by atoms with van der Waals surface area (Å²) in [5, 5.41) is 13.4. The Balaban J connectivity index is 1.91. The van der Waals surface area contributed by atoms with Gasteiger partial charge in [-0.3, -0.25) is 4.79 Å². The number of hydrazone groups is 1. The number of aromatic hydroxyl groups is 1. The van der Waals surface area contributed by atoms with Gasteiger partial charge in [0.1, 0.15) is 5.75 Å². The molecule has 0 unspecified atom stereocenters. The van der Waals surface area contributed by atoms with E-state index in [0.29, 0.717) is 26.0 Å². The minimum absolute atomic E-state index is 0.0303. The number of hydrogen-bond donors (Lipinski definition) is 2. The number of phenolic OH excluding ortho intramolecular Hbond substituents is 1. The molecule has 0 radical (unpaired) electrons. The molecule has 0 fully saturated rings. The van der Waals surface area contributed by atoms with Crippen LogP contribution >= 0.6 is 47.8 Å². The summed E-state index contributed by atoms with van der Waals surface area (Å²) in [6.07, 6.45) is 1.44. The van der Waals surface area contributed by atoms with Gasteiger partial charge in [-0.25, -0.2) is 5.43 Å². The second-order valence-corrected chi connectivity index (χ2v) is 7.34. The summed E-state index contributed by atoms with van der Waals surface area (Å²) >= 11 is 10.1. The van der Waals surface area contributed by atoms with Crippen LogP contribution < -0.4 is 14.9 Å². The standard InChI is InChI=1S/C16H13Br3N2O4/c1-24-14-4-9(2-3-13(14)22)7-20-21-15(23)8-25-16-11(18)5-10(17)6-12(16)19/h2-7,22H,8H2,1H3,(H,21,23)/b20-7-. The molecule has 6 nitrogen and oxygen atoms in total. The van der Waals surface area contributed by atoms with Crippen LogP contribution in [0, 0.1) is 0 Å². The van der Waals surface area contributed by atoms with E-state index < -0.39 is 5.91 Å². The van der Waals surface area contributed by atoms with Gasteiger partial charge in [-0.1, -0.05) is 15.9 Å². The highest BCUT2D eigenvalue weighted by molar-refractivity contribution is 9.11. The number of nitrogens with one attached hydrogen (secondary N) is 1. The minimum atomic E-state index is -0.413. The zero-order valence-electron chi connectivity index (χ0n) is 12.9. The number of carbonyl (C=O) groups excluding carboxylic acids is 1. The Labute approximate surface area is 169 Å². The molecule has 0 atom stereocenters. The van der Waals surface area contributed by atoms with Crippen molar-refractivity contribution in [2.45, 2.75) is 0 Å². The molecule has 2 rings (SSSR count). The second-order valence-electron chi connectivity index (χ2n) is 4.71. The number of phenols is 1. The first-order chi connectivity index (χ1) is 11.9. The topological polar surface area (TPSA) is 80.2 Å². The average Bonchev–Trinajstić information content (AvgIpc) is 2.55. The molecule has 2 N–H and O–H groups in total. The molecule has 0 heterocycles. The van der Waals surface area contributed by atoms with E-state index >= 15 is 0 Å². The molecular weight excluding hydrogens is 524 g/mol. The molecular formula is C16H13Br3N2O4. The Kier molecular flexibility index (Phi) is 7.27. The number of ether oxygens (including phenoxy) is 2. The summed E-state index contributed by atoms with van der Waals surface area (Å²) in [5.74, 6) is 0.459. The molecule has 0 aliphatic heterocycles. The van der Waals surface area contributed by atoms with Crippen molar-refractivity contribution in [3.05, 3.63) is 49.3 Å². The van der Waals surface area contributed by atoms with Crippen molar-refractivity contribution in [1.29, 1.82) is 0 Å². The quantitative estimate of drug-likeness (QED) is 0.428. The van der Waals surface area contributed by atoms with E-state index in [9.17, 15) is 9.90 Å². The predicted octanol–water partition coefficient (Wildman–Crippen LogP) is 4.22. The van der Waals surface area contributed by atoms with Gasteiger partial charge in [-0.15, -0.1) is 0 Å². The van der Waals surface area contributed by atoms with Crippen LogP contribution in [-0.4, -0.2) is 30.9 Å². The summed E-state index contributed by atoms with van der Waals surface area (Å²) in [4.78, 5) is 11.8. The van der Waals surface area contributed by atoms with Gasteiger partial charge < -0.3 is 14.6 Å². The van der Waals surface area contributed by atoms with Crippen molar-refractivity contribution in [2.24, 2.45) is 5.10 Å². The van der Waals surface area contributed by atoms with Gasteiger partial charge in [0.25, 0.3) is 5.91 Å². The number of nitrogens with zero attached hydrogens (tertiary/aromatic N) is 1. The summed E-state index contributed by atoms with van der Waals surface area (Å²) in [5.41, 5.74) is 3.03. The highest BCUT2D eigenvalue weighted by atomic mass is 79.9. The average molecular weight is 537 g/mol. The molecule has 1 amide bonds. The van der Waals surface area contributed by atoms with Crippen molar-refractivity contribution in [3.8, 4) is 17.2 Å². The number of hydrogen-bond acceptors (Lipinski definition) is 5. The smallest absolute Gasteiger partial charge is 0.277 e. The van der Waals surface area contributed by atoms with Gasteiger partial charge in [0, 0.05) is 4.47 Å². The first-order valence-electron chi connectivity index (χ1n) is 6.87. The third-order valence-electron chi connectivity index (χ3n) is 2.92. The van der Waals surface area contributed by atoms with E-state index in [0.717, 1.165) is 4.47 Å². The van der Waals surface area contributed by atoms with Crippen molar-refractivity contribution >= 4 is 59.9 Å². The molecule has 9 heteroatoms. The maximum absolute atomic E-state index is 11.8. The molecule has 0 aliphatic carbocycles. The molecule has 25 heavy (non-hydrogen) atoms. The molecule has 132 valence electrons. The Morgan fingerprint density at radius 2 is 1.92 bits per heavy atom. The maximum atomic E-state index is 11.8. The van der Waals surface area contributed by atoms with Gasteiger partial charge in [0.05, 0.1) is 22.3 Å². The van der Waals surface area contributed by atoms with Crippen LogP contribution in [-0.2, 0) is 4.79 Å². The number of amides is 1. The van der Waals surface area contributed by atoms with Gasteiger partial charge in [0.2, 0.25) is 0 Å². The number of methoxy groups -OCH3 is 1. The molecule has 0 spiro atoms. The Hall–Kier alpha value is -1.58. The van der Waals surface area contributed by atoms with Gasteiger partial charge >= 0.3 is 0 Å². The first kappa shape index (κ1) is 19.7. The molecule has 0 saturated carbocycles. The molecule has 0 saturated heterocycles. The molecule has 0 bridgehead atoms. The summed E-state index contributed by atoms with van der Waals surface area (Å²) < 4.78 is 12.8. The Morgan fingerprint density at radius 1 is 1.24 bits per heavy atom. The van der Waals surface area contributed by atoms with Gasteiger partial charge in [0.15, 0.2) is 18.1 Å². The van der Waals surface area contributed by atoms with Gasteiger partial charge in [-0.2, -0.15) is 5.10 Å². The molecule has 0 aliphatic rings. The van der Waals surface area contributed by atoms with Crippen LogP contribution in [0.2, 0.25) is 0 Å². The largest absolute Gasteiger partial charge is 0.504 e. The van der Waals surface area contributed by atoms with Crippen molar-refractivity contribution in [2.75, 3.05) is 13.7 Å². The Morgan fingerprint density at radius 3 is 2.56 bits per heavy atom. The highest BCUT2D eigenvalue weighted by Gasteiger charge is 2.10. The van der Waals surface area contributed by atoms with E-state index in [1.54, 1.807) is 12.1 Å². The number of halogens is 3. The van der Waals surface area contributed by atoms with Gasteiger partial charge in [-0.05, 0) is 67.8 Å². The zero-order chi connectivity index (χ0) is 18.4. The fourth-order valence-corrected chi connectivity index (χ4v) is 4.28. The lowest BCUT2D eigenvalue weighted by atomic mass is 10.2. The van der Waals surface area contributed by atoms with E-state index in [4.69, 9.17) is 9.47 Å². The maximum Gasteiger partial charge on any atom is 0.277 e. The van der Waals surface area contributed by atoms with Crippen LogP contribution in [0.15, 0.2) is 48.9 Å². The van der Waals surface area contributed by atoms with Crippen LogP contribution in [0.4, 0.5) is 0 Å². The number of rotatable bonds is 6. The number of carbonyl (C=O) groups is 1. The first-order valence-corrected chi connectivity index (χ1v) is 9.25. The summed E-state index contributed by atoms with van der Waals surface area (Å²) in [6, 6.07) is 8.34. The van der Waals surface area contributed by atoms with Crippen molar-refractivity contribution in [1.82, 2.24) is 5.43 Å². The normalized spacial score (nSPS) is 10.7. The molecule has 0 aromatic heterocycles. The Bertz CT molecular complexity index is 789. The summed E-state index contributed by atoms with van der Waals surface area (Å²) in [6.45, 7) is -0.199. The van der Waals surface area contributed by atoms with E-state index in [-0.39, 0.29) is 12.4 Å².